The second-order valence-corrected chi connectivity index (χ2v) is 8.43. The predicted molar refractivity (Wildman–Crippen MR) is 93.3 cm³/mol. The monoisotopic (exact) mass is 351 g/mol. The van der Waals surface area contributed by atoms with Crippen molar-refractivity contribution in [3.63, 3.8) is 0 Å². The van der Waals surface area contributed by atoms with Gasteiger partial charge in [-0.15, -0.1) is 0 Å². The van der Waals surface area contributed by atoms with E-state index >= 15 is 0 Å². The Hall–Kier alpha value is -1.44. The van der Waals surface area contributed by atoms with Crippen molar-refractivity contribution in [1.82, 2.24) is 4.72 Å². The molecule has 1 aliphatic heterocycles. The van der Waals surface area contributed by atoms with Crippen LogP contribution in [0.15, 0.2) is 23.1 Å². The Morgan fingerprint density at radius 3 is 2.83 bits per heavy atom. The van der Waals surface area contributed by atoms with E-state index in [0.717, 1.165) is 43.4 Å². The van der Waals surface area contributed by atoms with Gasteiger partial charge >= 0.3 is 0 Å². The van der Waals surface area contributed by atoms with Crippen LogP contribution in [0.5, 0.6) is 0 Å². The highest BCUT2D eigenvalue weighted by Gasteiger charge is 2.31. The Bertz CT molecular complexity index is 733. The molecule has 1 aliphatic carbocycles. The Kier molecular flexibility index (Phi) is 4.94. The number of sulfonamides is 1. The molecule has 0 spiro atoms. The molecule has 24 heavy (non-hydrogen) atoms. The van der Waals surface area contributed by atoms with Crippen molar-refractivity contribution in [2.24, 2.45) is 11.7 Å². The first-order chi connectivity index (χ1) is 11.4. The number of hydrogen-bond acceptors (Lipinski definition) is 4. The van der Waals surface area contributed by atoms with Gasteiger partial charge in [0.25, 0.3) is 0 Å². The van der Waals surface area contributed by atoms with Crippen LogP contribution < -0.4 is 15.4 Å². The number of rotatable bonds is 4. The van der Waals surface area contributed by atoms with Gasteiger partial charge in [-0.2, -0.15) is 0 Å². The molecule has 3 N–H and O–H groups in total. The number of fused-ring (bicyclic) bond motifs is 1. The van der Waals surface area contributed by atoms with Gasteiger partial charge in [0.2, 0.25) is 15.9 Å². The number of nitrogens with zero attached hydrogens (tertiary/aromatic N) is 1. The van der Waals surface area contributed by atoms with Gasteiger partial charge in [-0.1, -0.05) is 12.5 Å². The minimum absolute atomic E-state index is 0.0579. The van der Waals surface area contributed by atoms with Crippen molar-refractivity contribution in [3.05, 3.63) is 23.8 Å². The van der Waals surface area contributed by atoms with Crippen LogP contribution in [0.4, 0.5) is 5.69 Å². The molecule has 1 aromatic rings. The third-order valence-corrected chi connectivity index (χ3v) is 6.62. The second kappa shape index (κ2) is 6.82. The van der Waals surface area contributed by atoms with Gasteiger partial charge in [0, 0.05) is 25.2 Å². The van der Waals surface area contributed by atoms with Crippen LogP contribution >= 0.6 is 0 Å². The van der Waals surface area contributed by atoms with Gasteiger partial charge in [0.05, 0.1) is 4.90 Å². The van der Waals surface area contributed by atoms with Gasteiger partial charge in [-0.3, -0.25) is 4.79 Å². The van der Waals surface area contributed by atoms with Crippen LogP contribution in [-0.2, 0) is 21.2 Å². The molecule has 2 aliphatic rings. The zero-order valence-corrected chi connectivity index (χ0v) is 14.8. The summed E-state index contributed by atoms with van der Waals surface area (Å²) >= 11 is 0. The molecular weight excluding hydrogens is 326 g/mol. The molecule has 132 valence electrons. The number of benzene rings is 1. The van der Waals surface area contributed by atoms with E-state index < -0.39 is 10.0 Å². The number of anilines is 1. The van der Waals surface area contributed by atoms with Gasteiger partial charge in [0.1, 0.15) is 0 Å². The van der Waals surface area contributed by atoms with Crippen LogP contribution in [0.25, 0.3) is 0 Å². The van der Waals surface area contributed by atoms with E-state index in [-0.39, 0.29) is 22.8 Å². The fourth-order valence-corrected chi connectivity index (χ4v) is 5.15. The highest BCUT2D eigenvalue weighted by molar-refractivity contribution is 7.89. The van der Waals surface area contributed by atoms with Crippen molar-refractivity contribution >= 4 is 21.6 Å². The Morgan fingerprint density at radius 1 is 1.33 bits per heavy atom. The average Bonchev–Trinajstić information content (AvgIpc) is 3.00. The van der Waals surface area contributed by atoms with Crippen molar-refractivity contribution in [2.45, 2.75) is 50.0 Å². The van der Waals surface area contributed by atoms with Crippen molar-refractivity contribution in [3.8, 4) is 0 Å². The zero-order valence-electron chi connectivity index (χ0n) is 14.0. The van der Waals surface area contributed by atoms with E-state index in [1.165, 1.54) is 6.92 Å². The molecule has 1 saturated carbocycles. The lowest BCUT2D eigenvalue weighted by atomic mass is 10.0. The fraction of sp³-hybridized carbons (Fsp3) is 0.588. The molecule has 0 aromatic heterocycles. The molecule has 1 aromatic carbocycles. The van der Waals surface area contributed by atoms with Crippen LogP contribution in [0.1, 0.15) is 38.2 Å². The van der Waals surface area contributed by atoms with Gasteiger partial charge in [0.15, 0.2) is 0 Å². The van der Waals surface area contributed by atoms with Crippen LogP contribution in [-0.4, -0.2) is 33.5 Å². The van der Waals surface area contributed by atoms with Crippen LogP contribution in [0, 0.1) is 5.92 Å². The lowest BCUT2D eigenvalue weighted by molar-refractivity contribution is -0.116. The van der Waals surface area contributed by atoms with Gasteiger partial charge in [-0.05, 0) is 55.8 Å². The number of aryl methyl sites for hydroxylation is 1. The maximum absolute atomic E-state index is 12.8. The number of amides is 1. The minimum atomic E-state index is -3.61. The molecule has 7 heteroatoms. The molecule has 0 radical (unpaired) electrons. The Labute approximate surface area is 143 Å². The predicted octanol–water partition coefficient (Wildman–Crippen LogP) is 1.39. The largest absolute Gasteiger partial charge is 0.330 e. The van der Waals surface area contributed by atoms with E-state index in [1.807, 2.05) is 6.07 Å². The number of carbonyl (C=O) groups excluding carboxylic acids is 1. The number of nitrogens with two attached hydrogens (primary N) is 1. The topological polar surface area (TPSA) is 92.5 Å². The van der Waals surface area contributed by atoms with E-state index in [1.54, 1.807) is 17.0 Å². The molecule has 0 unspecified atom stereocenters. The summed E-state index contributed by atoms with van der Waals surface area (Å²) in [5.41, 5.74) is 7.49. The number of hydrogen-bond donors (Lipinski definition) is 2. The molecule has 1 heterocycles. The first kappa shape index (κ1) is 17.4. The molecule has 2 atom stereocenters. The van der Waals surface area contributed by atoms with Crippen molar-refractivity contribution in [2.75, 3.05) is 18.0 Å². The molecule has 6 nitrogen and oxygen atoms in total. The number of nitrogens with one attached hydrogen (secondary N) is 1. The molecular formula is C17H25N3O3S. The lowest BCUT2D eigenvalue weighted by Crippen LogP contribution is -2.40. The van der Waals surface area contributed by atoms with Crippen LogP contribution in [0.3, 0.4) is 0 Å². The lowest BCUT2D eigenvalue weighted by Gasteiger charge is -2.29. The second-order valence-electron chi connectivity index (χ2n) is 6.72. The minimum Gasteiger partial charge on any atom is -0.330 e. The summed E-state index contributed by atoms with van der Waals surface area (Å²) in [6.45, 7) is 2.64. The Morgan fingerprint density at radius 2 is 2.12 bits per heavy atom. The molecule has 1 fully saturated rings. The summed E-state index contributed by atoms with van der Waals surface area (Å²) < 4.78 is 28.3. The number of carbonyl (C=O) groups is 1. The first-order valence-electron chi connectivity index (χ1n) is 8.56. The third-order valence-electron chi connectivity index (χ3n) is 5.13. The summed E-state index contributed by atoms with van der Waals surface area (Å²) in [7, 11) is -3.61. The van der Waals surface area contributed by atoms with E-state index in [2.05, 4.69) is 4.72 Å². The summed E-state index contributed by atoms with van der Waals surface area (Å²) in [5.74, 6) is 0.142. The van der Waals surface area contributed by atoms with Gasteiger partial charge in [-0.25, -0.2) is 13.1 Å². The zero-order chi connectivity index (χ0) is 17.3. The highest BCUT2D eigenvalue weighted by Crippen LogP contribution is 2.31. The molecule has 1 amide bonds. The SMILES string of the molecule is CC(=O)N1CCCc2ccc(S(=O)(=O)N[C@H]3CCC[C@@H]3CN)cc21. The average molecular weight is 351 g/mol. The first-order valence-corrected chi connectivity index (χ1v) is 10.0. The highest BCUT2D eigenvalue weighted by atomic mass is 32.2. The summed E-state index contributed by atoms with van der Waals surface area (Å²) in [5, 5.41) is 0. The smallest absolute Gasteiger partial charge is 0.240 e. The quantitative estimate of drug-likeness (QED) is 0.857. The van der Waals surface area contributed by atoms with E-state index in [0.29, 0.717) is 13.1 Å². The maximum Gasteiger partial charge on any atom is 0.240 e. The normalized spacial score (nSPS) is 24.0. The van der Waals surface area contributed by atoms with E-state index in [4.69, 9.17) is 5.73 Å². The summed E-state index contributed by atoms with van der Waals surface area (Å²) in [4.78, 5) is 13.7. The van der Waals surface area contributed by atoms with Crippen molar-refractivity contribution in [1.29, 1.82) is 0 Å². The molecule has 0 bridgehead atoms. The standard InChI is InChI=1S/C17H25N3O3S/c1-12(21)20-9-3-5-13-7-8-15(10-17(13)20)24(22,23)19-16-6-2-4-14(16)11-18/h7-8,10,14,16,19H,2-6,9,11,18H2,1H3/t14-,16+/m1/s1. The maximum atomic E-state index is 12.8. The Balaban J connectivity index is 1.89. The third kappa shape index (κ3) is 3.34. The van der Waals surface area contributed by atoms with E-state index in [9.17, 15) is 13.2 Å². The summed E-state index contributed by atoms with van der Waals surface area (Å²) in [6, 6.07) is 5.00. The van der Waals surface area contributed by atoms with Gasteiger partial charge < -0.3 is 10.6 Å². The van der Waals surface area contributed by atoms with Crippen molar-refractivity contribution < 1.29 is 13.2 Å². The molecule has 3 rings (SSSR count). The summed E-state index contributed by atoms with van der Waals surface area (Å²) in [6.07, 6.45) is 4.55. The van der Waals surface area contributed by atoms with Crippen LogP contribution in [0.2, 0.25) is 0 Å². The molecule has 0 saturated heterocycles. The fourth-order valence-electron chi connectivity index (χ4n) is 3.79.